The first-order chi connectivity index (χ1) is 14.6. The van der Waals surface area contributed by atoms with Crippen LogP contribution in [-0.4, -0.2) is 30.9 Å². The van der Waals surface area contributed by atoms with Crippen LogP contribution in [0.15, 0.2) is 59.4 Å². The van der Waals surface area contributed by atoms with E-state index in [1.165, 1.54) is 36.4 Å². The van der Waals surface area contributed by atoms with Crippen molar-refractivity contribution in [1.82, 2.24) is 25.0 Å². The van der Waals surface area contributed by atoms with Crippen LogP contribution < -0.4 is 0 Å². The number of aromatic nitrogens is 4. The molecule has 1 amide bonds. The van der Waals surface area contributed by atoms with Gasteiger partial charge in [-0.25, -0.2) is 13.8 Å². The van der Waals surface area contributed by atoms with Crippen molar-refractivity contribution in [1.29, 1.82) is 0 Å². The Bertz CT molecular complexity index is 1200. The molecule has 0 saturated heterocycles. The van der Waals surface area contributed by atoms with Crippen molar-refractivity contribution < 1.29 is 18.1 Å². The van der Waals surface area contributed by atoms with Crippen LogP contribution in [0.4, 0.5) is 8.78 Å². The molecule has 7 nitrogen and oxygen atoms in total. The third-order valence-electron chi connectivity index (χ3n) is 5.08. The standard InChI is InChI=1S/C21H15F2N5O2/c22-14-5-1-12(2-6-14)19-26-20(30-27-19)18-9-16-17(25-11-24-16)10-28(18)21(29)13-3-7-15(23)8-4-13/h1-8,11,18H,9-10H2,(H,24,25). The molecule has 4 aromatic rings. The maximum absolute atomic E-state index is 13.3. The Morgan fingerprint density at radius 1 is 1.07 bits per heavy atom. The van der Waals surface area contributed by atoms with Gasteiger partial charge in [0, 0.05) is 17.5 Å². The molecule has 1 N–H and O–H groups in total. The molecular formula is C21H15F2N5O2. The summed E-state index contributed by atoms with van der Waals surface area (Å²) in [6.07, 6.45) is 1.96. The maximum Gasteiger partial charge on any atom is 0.254 e. The normalized spacial score (nSPS) is 15.8. The van der Waals surface area contributed by atoms with E-state index < -0.39 is 11.9 Å². The molecule has 0 bridgehead atoms. The van der Waals surface area contributed by atoms with Gasteiger partial charge in [-0.15, -0.1) is 0 Å². The van der Waals surface area contributed by atoms with Gasteiger partial charge in [0.15, 0.2) is 0 Å². The van der Waals surface area contributed by atoms with Crippen LogP contribution >= 0.6 is 0 Å². The Kier molecular flexibility index (Phi) is 4.35. The van der Waals surface area contributed by atoms with Crippen molar-refractivity contribution in [3.05, 3.63) is 89.3 Å². The fraction of sp³-hybridized carbons (Fsp3) is 0.143. The van der Waals surface area contributed by atoms with Gasteiger partial charge >= 0.3 is 0 Å². The van der Waals surface area contributed by atoms with Gasteiger partial charge in [0.1, 0.15) is 17.7 Å². The molecule has 1 unspecified atom stereocenters. The number of carbonyl (C=O) groups excluding carboxylic acids is 1. The summed E-state index contributed by atoms with van der Waals surface area (Å²) in [5.41, 5.74) is 2.58. The van der Waals surface area contributed by atoms with E-state index in [0.717, 1.165) is 11.4 Å². The number of amides is 1. The predicted molar refractivity (Wildman–Crippen MR) is 101 cm³/mol. The molecule has 0 aliphatic carbocycles. The molecule has 0 saturated carbocycles. The first kappa shape index (κ1) is 18.2. The molecule has 0 radical (unpaired) electrons. The number of fused-ring (bicyclic) bond motifs is 1. The van der Waals surface area contributed by atoms with E-state index in [4.69, 9.17) is 4.52 Å². The average molecular weight is 407 g/mol. The Balaban J connectivity index is 1.50. The highest BCUT2D eigenvalue weighted by Gasteiger charge is 2.36. The molecule has 0 fully saturated rings. The second-order valence-corrected chi connectivity index (χ2v) is 6.95. The van der Waals surface area contributed by atoms with E-state index in [9.17, 15) is 13.6 Å². The number of nitrogens with zero attached hydrogens (tertiary/aromatic N) is 4. The van der Waals surface area contributed by atoms with Gasteiger partial charge in [0.25, 0.3) is 5.91 Å². The lowest BCUT2D eigenvalue weighted by atomic mass is 10.0. The summed E-state index contributed by atoms with van der Waals surface area (Å²) in [7, 11) is 0. The number of hydrogen-bond acceptors (Lipinski definition) is 5. The Labute approximate surface area is 169 Å². The zero-order valence-electron chi connectivity index (χ0n) is 15.5. The number of imidazole rings is 1. The fourth-order valence-corrected chi connectivity index (χ4v) is 3.52. The number of rotatable bonds is 3. The number of aromatic amines is 1. The monoisotopic (exact) mass is 407 g/mol. The molecular weight excluding hydrogens is 392 g/mol. The van der Waals surface area contributed by atoms with E-state index in [1.54, 1.807) is 23.4 Å². The van der Waals surface area contributed by atoms with Crippen molar-refractivity contribution in [2.45, 2.75) is 19.0 Å². The minimum atomic E-state index is -0.542. The zero-order chi connectivity index (χ0) is 20.7. The summed E-state index contributed by atoms with van der Waals surface area (Å²) < 4.78 is 31.9. The van der Waals surface area contributed by atoms with Crippen LogP contribution in [0, 0.1) is 11.6 Å². The molecule has 30 heavy (non-hydrogen) atoms. The van der Waals surface area contributed by atoms with Gasteiger partial charge < -0.3 is 14.4 Å². The number of halogens is 2. The van der Waals surface area contributed by atoms with Crippen LogP contribution in [0.3, 0.4) is 0 Å². The van der Waals surface area contributed by atoms with Crippen LogP contribution in [0.1, 0.15) is 33.7 Å². The fourth-order valence-electron chi connectivity index (χ4n) is 3.52. The molecule has 9 heteroatoms. The van der Waals surface area contributed by atoms with E-state index in [-0.39, 0.29) is 24.2 Å². The summed E-state index contributed by atoms with van der Waals surface area (Å²) in [5.74, 6) is -0.525. The van der Waals surface area contributed by atoms with E-state index >= 15 is 0 Å². The Morgan fingerprint density at radius 2 is 1.77 bits per heavy atom. The number of hydrogen-bond donors (Lipinski definition) is 1. The molecule has 1 atom stereocenters. The van der Waals surface area contributed by atoms with Crippen molar-refractivity contribution in [3.8, 4) is 11.4 Å². The summed E-state index contributed by atoms with van der Waals surface area (Å²) >= 11 is 0. The highest BCUT2D eigenvalue weighted by Crippen LogP contribution is 2.33. The summed E-state index contributed by atoms with van der Waals surface area (Å²) in [4.78, 5) is 26.6. The third kappa shape index (κ3) is 3.24. The first-order valence-corrected chi connectivity index (χ1v) is 9.25. The SMILES string of the molecule is O=C(c1ccc(F)cc1)N1Cc2[nH]cnc2CC1c1nc(-c2ccc(F)cc2)no1. The Hall–Kier alpha value is -3.88. The van der Waals surface area contributed by atoms with Crippen molar-refractivity contribution in [2.75, 3.05) is 0 Å². The van der Waals surface area contributed by atoms with Crippen LogP contribution in [-0.2, 0) is 13.0 Å². The van der Waals surface area contributed by atoms with Gasteiger partial charge in [0.05, 0.1) is 24.3 Å². The number of benzene rings is 2. The first-order valence-electron chi connectivity index (χ1n) is 9.25. The zero-order valence-corrected chi connectivity index (χ0v) is 15.5. The lowest BCUT2D eigenvalue weighted by molar-refractivity contribution is 0.0589. The predicted octanol–water partition coefficient (Wildman–Crippen LogP) is 3.68. The van der Waals surface area contributed by atoms with Gasteiger partial charge in [-0.1, -0.05) is 5.16 Å². The maximum atomic E-state index is 13.3. The summed E-state index contributed by atoms with van der Waals surface area (Å²) in [6.45, 7) is 0.268. The third-order valence-corrected chi connectivity index (χ3v) is 5.08. The number of carbonyl (C=O) groups is 1. The smallest absolute Gasteiger partial charge is 0.254 e. The van der Waals surface area contributed by atoms with E-state index in [2.05, 4.69) is 20.1 Å². The highest BCUT2D eigenvalue weighted by molar-refractivity contribution is 5.94. The average Bonchev–Trinajstić information content (AvgIpc) is 3.42. The molecule has 2 aromatic heterocycles. The molecule has 150 valence electrons. The van der Waals surface area contributed by atoms with Gasteiger partial charge in [-0.3, -0.25) is 4.79 Å². The van der Waals surface area contributed by atoms with Crippen LogP contribution in [0.5, 0.6) is 0 Å². The topological polar surface area (TPSA) is 87.9 Å². The van der Waals surface area contributed by atoms with Gasteiger partial charge in [0.2, 0.25) is 11.7 Å². The number of H-pyrrole nitrogens is 1. The second-order valence-electron chi connectivity index (χ2n) is 6.95. The summed E-state index contributed by atoms with van der Waals surface area (Å²) in [6, 6.07) is 10.6. The largest absolute Gasteiger partial charge is 0.347 e. The molecule has 3 heterocycles. The van der Waals surface area contributed by atoms with Crippen molar-refractivity contribution >= 4 is 5.91 Å². The lowest BCUT2D eigenvalue weighted by Crippen LogP contribution is -2.39. The number of nitrogens with one attached hydrogen (secondary N) is 1. The quantitative estimate of drug-likeness (QED) is 0.560. The Morgan fingerprint density at radius 3 is 2.50 bits per heavy atom. The molecule has 1 aliphatic heterocycles. The van der Waals surface area contributed by atoms with Crippen molar-refractivity contribution in [2.24, 2.45) is 0 Å². The lowest BCUT2D eigenvalue weighted by Gasteiger charge is -2.32. The highest BCUT2D eigenvalue weighted by atomic mass is 19.1. The minimum absolute atomic E-state index is 0.249. The van der Waals surface area contributed by atoms with Crippen LogP contribution in [0.25, 0.3) is 11.4 Å². The molecule has 1 aliphatic rings. The van der Waals surface area contributed by atoms with Gasteiger partial charge in [-0.05, 0) is 48.5 Å². The van der Waals surface area contributed by atoms with E-state index in [0.29, 0.717) is 23.4 Å². The molecule has 5 rings (SSSR count). The van der Waals surface area contributed by atoms with E-state index in [1.807, 2.05) is 0 Å². The molecule has 2 aromatic carbocycles. The van der Waals surface area contributed by atoms with Crippen molar-refractivity contribution in [3.63, 3.8) is 0 Å². The summed E-state index contributed by atoms with van der Waals surface area (Å²) in [5, 5.41) is 3.99. The minimum Gasteiger partial charge on any atom is -0.347 e. The van der Waals surface area contributed by atoms with Crippen LogP contribution in [0.2, 0.25) is 0 Å². The molecule has 0 spiro atoms. The second kappa shape index (κ2) is 7.18. The van der Waals surface area contributed by atoms with Gasteiger partial charge in [-0.2, -0.15) is 4.98 Å².